The largest absolute Gasteiger partial charge is 0.322 e. The van der Waals surface area contributed by atoms with Crippen molar-refractivity contribution in [2.24, 2.45) is 0 Å². The summed E-state index contributed by atoms with van der Waals surface area (Å²) in [6.45, 7) is 0.983. The van der Waals surface area contributed by atoms with Gasteiger partial charge in [0.2, 0.25) is 11.8 Å². The highest BCUT2D eigenvalue weighted by molar-refractivity contribution is 6.05. The van der Waals surface area contributed by atoms with E-state index in [9.17, 15) is 14.4 Å². The minimum Gasteiger partial charge on any atom is -0.322 e. The molecule has 2 aliphatic rings. The van der Waals surface area contributed by atoms with Crippen molar-refractivity contribution in [3.63, 3.8) is 0 Å². The molecule has 1 N–H and O–H groups in total. The molecule has 1 unspecified atom stereocenters. The molecule has 1 saturated heterocycles. The second-order valence-corrected chi connectivity index (χ2v) is 7.15. The lowest BCUT2D eigenvalue weighted by Gasteiger charge is -2.29. The number of carbonyl (C=O) groups is 3. The Bertz CT molecular complexity index is 1130. The summed E-state index contributed by atoms with van der Waals surface area (Å²) in [5.41, 5.74) is 2.68. The predicted octanol–water partition coefficient (Wildman–Crippen LogP) is 0.852. The van der Waals surface area contributed by atoms with Crippen molar-refractivity contribution < 1.29 is 14.4 Å². The number of rotatable bonds is 4. The van der Waals surface area contributed by atoms with E-state index >= 15 is 0 Å². The lowest BCUT2D eigenvalue weighted by molar-refractivity contribution is -0.136. The van der Waals surface area contributed by atoms with Crippen LogP contribution in [0.2, 0.25) is 0 Å². The maximum absolute atomic E-state index is 12.8. The molecular weight excluding hydrogens is 382 g/mol. The first-order valence-corrected chi connectivity index (χ1v) is 9.69. The van der Waals surface area contributed by atoms with Gasteiger partial charge in [-0.25, -0.2) is 0 Å². The van der Waals surface area contributed by atoms with Crippen LogP contribution in [0.4, 0.5) is 0 Å². The van der Waals surface area contributed by atoms with Gasteiger partial charge >= 0.3 is 0 Å². The number of unbranched alkanes of at least 4 members (excludes halogenated alkanes) is 1. The fraction of sp³-hybridized carbons (Fsp3) is 0.318. The Balaban J connectivity index is 1.42. The van der Waals surface area contributed by atoms with Gasteiger partial charge in [-0.1, -0.05) is 23.1 Å². The van der Waals surface area contributed by atoms with Gasteiger partial charge in [-0.3, -0.25) is 24.4 Å². The summed E-state index contributed by atoms with van der Waals surface area (Å²) in [6.07, 6.45) is 9.01. The molecule has 2 aliphatic heterocycles. The standard InChI is InChI=1S/C22H19N5O3/c1-2-16-13-26(25-24-16)12-5-3-4-7-15-8-6-9-17-18(15)14-27(22(17)30)19-10-11-20(28)23-21(19)29/h1,6,8-9,13,19H,3,5,10-12,14H2,(H,23,28,29). The summed E-state index contributed by atoms with van der Waals surface area (Å²) in [5.74, 6) is 7.81. The lowest BCUT2D eigenvalue weighted by Crippen LogP contribution is -2.52. The number of imide groups is 1. The zero-order chi connectivity index (χ0) is 21.1. The summed E-state index contributed by atoms with van der Waals surface area (Å²) < 4.78 is 1.69. The molecule has 1 fully saturated rings. The number of hydrogen-bond donors (Lipinski definition) is 1. The molecule has 0 aliphatic carbocycles. The SMILES string of the molecule is C#Cc1cn(CCCC#Cc2cccc3c2CN(C2CCC(=O)NC2=O)C3=O)nn1. The maximum atomic E-state index is 12.8. The summed E-state index contributed by atoms with van der Waals surface area (Å²) in [6, 6.07) is 4.80. The van der Waals surface area contributed by atoms with Crippen molar-refractivity contribution in [3.05, 3.63) is 46.8 Å². The normalized spacial score (nSPS) is 17.8. The van der Waals surface area contributed by atoms with Crippen molar-refractivity contribution in [3.8, 4) is 24.2 Å². The monoisotopic (exact) mass is 401 g/mol. The first-order valence-electron chi connectivity index (χ1n) is 9.69. The number of nitrogens with zero attached hydrogens (tertiary/aromatic N) is 4. The minimum atomic E-state index is -0.626. The van der Waals surface area contributed by atoms with Crippen molar-refractivity contribution in [1.82, 2.24) is 25.2 Å². The van der Waals surface area contributed by atoms with Crippen LogP contribution in [0.25, 0.3) is 0 Å². The Labute approximate surface area is 173 Å². The molecular formula is C22H19N5O3. The molecule has 0 bridgehead atoms. The van der Waals surface area contributed by atoms with Gasteiger partial charge in [0.05, 0.1) is 6.20 Å². The van der Waals surface area contributed by atoms with Crippen LogP contribution in [0, 0.1) is 24.2 Å². The lowest BCUT2D eigenvalue weighted by atomic mass is 10.0. The zero-order valence-electron chi connectivity index (χ0n) is 16.2. The van der Waals surface area contributed by atoms with Crippen LogP contribution in [0.5, 0.6) is 0 Å². The molecule has 150 valence electrons. The van der Waals surface area contributed by atoms with Gasteiger partial charge < -0.3 is 4.90 Å². The number of amides is 3. The molecule has 8 nitrogen and oxygen atoms in total. The first-order chi connectivity index (χ1) is 14.6. The molecule has 1 aromatic carbocycles. The molecule has 3 heterocycles. The highest BCUT2D eigenvalue weighted by atomic mass is 16.2. The number of fused-ring (bicyclic) bond motifs is 1. The number of carbonyl (C=O) groups excluding carboxylic acids is 3. The highest BCUT2D eigenvalue weighted by Gasteiger charge is 2.39. The van der Waals surface area contributed by atoms with E-state index in [2.05, 4.69) is 33.4 Å². The summed E-state index contributed by atoms with van der Waals surface area (Å²) in [5, 5.41) is 10.1. The van der Waals surface area contributed by atoms with Gasteiger partial charge in [-0.2, -0.15) is 0 Å². The number of piperidine rings is 1. The number of benzene rings is 1. The fourth-order valence-corrected chi connectivity index (χ4v) is 3.66. The number of aryl methyl sites for hydroxylation is 1. The molecule has 3 amide bonds. The summed E-state index contributed by atoms with van der Waals surface area (Å²) >= 11 is 0. The van der Waals surface area contributed by atoms with Crippen molar-refractivity contribution in [2.45, 2.75) is 44.8 Å². The number of hydrogen-bond acceptors (Lipinski definition) is 5. The van der Waals surface area contributed by atoms with Gasteiger partial charge in [-0.05, 0) is 36.5 Å². The van der Waals surface area contributed by atoms with Gasteiger partial charge in [0.25, 0.3) is 5.91 Å². The van der Waals surface area contributed by atoms with E-state index in [-0.39, 0.29) is 18.2 Å². The van der Waals surface area contributed by atoms with E-state index in [1.54, 1.807) is 23.0 Å². The van der Waals surface area contributed by atoms with Gasteiger partial charge in [0.1, 0.15) is 6.04 Å². The molecule has 8 heteroatoms. The minimum absolute atomic E-state index is 0.196. The van der Waals surface area contributed by atoms with Crippen LogP contribution in [-0.4, -0.2) is 43.7 Å². The molecule has 1 atom stereocenters. The second-order valence-electron chi connectivity index (χ2n) is 7.15. The van der Waals surface area contributed by atoms with Gasteiger partial charge in [0.15, 0.2) is 5.69 Å². The smallest absolute Gasteiger partial charge is 0.255 e. The Morgan fingerprint density at radius 2 is 2.13 bits per heavy atom. The van der Waals surface area contributed by atoms with Crippen LogP contribution >= 0.6 is 0 Å². The molecule has 30 heavy (non-hydrogen) atoms. The molecule has 0 spiro atoms. The van der Waals surface area contributed by atoms with Crippen molar-refractivity contribution in [2.75, 3.05) is 0 Å². The van der Waals surface area contributed by atoms with E-state index in [0.29, 0.717) is 37.2 Å². The maximum Gasteiger partial charge on any atom is 0.255 e. The summed E-state index contributed by atoms with van der Waals surface area (Å²) in [4.78, 5) is 37.9. The van der Waals surface area contributed by atoms with Crippen LogP contribution in [0.1, 0.15) is 52.9 Å². The van der Waals surface area contributed by atoms with Crippen LogP contribution in [0.15, 0.2) is 24.4 Å². The predicted molar refractivity (Wildman–Crippen MR) is 107 cm³/mol. The third-order valence-corrected chi connectivity index (χ3v) is 5.18. The molecule has 0 radical (unpaired) electrons. The third-order valence-electron chi connectivity index (χ3n) is 5.18. The topological polar surface area (TPSA) is 97.2 Å². The third kappa shape index (κ3) is 3.81. The molecule has 1 aromatic heterocycles. The highest BCUT2D eigenvalue weighted by Crippen LogP contribution is 2.29. The number of aromatic nitrogens is 3. The van der Waals surface area contributed by atoms with Gasteiger partial charge in [0, 0.05) is 37.1 Å². The molecule has 4 rings (SSSR count). The van der Waals surface area contributed by atoms with E-state index in [1.807, 2.05) is 6.07 Å². The number of terminal acetylenes is 1. The Kier molecular flexibility index (Phi) is 5.32. The van der Waals surface area contributed by atoms with E-state index in [1.165, 1.54) is 4.90 Å². The quantitative estimate of drug-likeness (QED) is 0.466. The van der Waals surface area contributed by atoms with Crippen LogP contribution < -0.4 is 5.32 Å². The Hall–Kier alpha value is -3.91. The van der Waals surface area contributed by atoms with Gasteiger partial charge in [-0.15, -0.1) is 11.5 Å². The zero-order valence-corrected chi connectivity index (χ0v) is 16.2. The van der Waals surface area contributed by atoms with E-state index in [0.717, 1.165) is 17.5 Å². The van der Waals surface area contributed by atoms with Crippen LogP contribution in [0.3, 0.4) is 0 Å². The Morgan fingerprint density at radius 1 is 1.27 bits per heavy atom. The Morgan fingerprint density at radius 3 is 2.90 bits per heavy atom. The van der Waals surface area contributed by atoms with Crippen molar-refractivity contribution in [1.29, 1.82) is 0 Å². The molecule has 0 saturated carbocycles. The number of nitrogens with one attached hydrogen (secondary N) is 1. The second kappa shape index (κ2) is 8.22. The molecule has 2 aromatic rings. The summed E-state index contributed by atoms with van der Waals surface area (Å²) in [7, 11) is 0. The average molecular weight is 401 g/mol. The fourth-order valence-electron chi connectivity index (χ4n) is 3.66. The first kappa shape index (κ1) is 19.4. The average Bonchev–Trinajstić information content (AvgIpc) is 3.33. The van der Waals surface area contributed by atoms with E-state index in [4.69, 9.17) is 6.42 Å². The van der Waals surface area contributed by atoms with Crippen molar-refractivity contribution >= 4 is 17.7 Å². The van der Waals surface area contributed by atoms with Crippen LogP contribution in [-0.2, 0) is 22.7 Å². The van der Waals surface area contributed by atoms with E-state index < -0.39 is 11.9 Å².